The third-order valence-electron chi connectivity index (χ3n) is 3.21. The Labute approximate surface area is 112 Å². The number of hydrogen-bond donors (Lipinski definition) is 1. The van der Waals surface area contributed by atoms with Crippen molar-refractivity contribution in [1.29, 1.82) is 0 Å². The predicted octanol–water partition coefficient (Wildman–Crippen LogP) is 2.86. The summed E-state index contributed by atoms with van der Waals surface area (Å²) in [7, 11) is 0. The molecular formula is C13H17ClFNO2. The zero-order valence-corrected chi connectivity index (χ0v) is 10.8. The van der Waals surface area contributed by atoms with Crippen LogP contribution in [0.4, 0.5) is 4.39 Å². The van der Waals surface area contributed by atoms with Crippen LogP contribution in [0.25, 0.3) is 0 Å². The van der Waals surface area contributed by atoms with Crippen LogP contribution in [-0.4, -0.2) is 29.1 Å². The highest BCUT2D eigenvalue weighted by atomic mass is 35.5. The van der Waals surface area contributed by atoms with Gasteiger partial charge in [0.15, 0.2) is 0 Å². The highest BCUT2D eigenvalue weighted by Gasteiger charge is 2.25. The summed E-state index contributed by atoms with van der Waals surface area (Å²) in [5, 5.41) is 8.87. The molecule has 1 aromatic carbocycles. The van der Waals surface area contributed by atoms with Crippen molar-refractivity contribution in [2.24, 2.45) is 0 Å². The molecule has 0 saturated carbocycles. The minimum atomic E-state index is -0.806. The molecule has 1 saturated heterocycles. The fourth-order valence-electron chi connectivity index (χ4n) is 2.42. The SMILES string of the molecule is Cl.O=C(O)CN1CCCCC1c1ccc(F)cc1. The van der Waals surface area contributed by atoms with Crippen LogP contribution in [0, 0.1) is 5.82 Å². The van der Waals surface area contributed by atoms with Gasteiger partial charge < -0.3 is 5.11 Å². The molecule has 0 aromatic heterocycles. The lowest BCUT2D eigenvalue weighted by molar-refractivity contribution is -0.139. The second-order valence-corrected chi connectivity index (χ2v) is 4.43. The number of hydrogen-bond acceptors (Lipinski definition) is 2. The van der Waals surface area contributed by atoms with E-state index in [4.69, 9.17) is 5.11 Å². The number of rotatable bonds is 3. The first-order valence-corrected chi connectivity index (χ1v) is 5.88. The lowest BCUT2D eigenvalue weighted by Gasteiger charge is -2.34. The standard InChI is InChI=1S/C13H16FNO2.ClH/c14-11-6-4-10(5-7-11)12-3-1-2-8-15(12)9-13(16)17;/h4-7,12H,1-3,8-9H2,(H,16,17);1H. The molecule has 100 valence electrons. The van der Waals surface area contributed by atoms with Crippen molar-refractivity contribution in [2.45, 2.75) is 25.3 Å². The lowest BCUT2D eigenvalue weighted by Crippen LogP contribution is -2.37. The maximum Gasteiger partial charge on any atom is 0.317 e. The molecule has 5 heteroatoms. The molecule has 0 amide bonds. The molecule has 1 aliphatic heterocycles. The Morgan fingerprint density at radius 2 is 2.00 bits per heavy atom. The van der Waals surface area contributed by atoms with E-state index >= 15 is 0 Å². The Hall–Kier alpha value is -1.13. The zero-order valence-electron chi connectivity index (χ0n) is 10.0. The Bertz CT molecular complexity index is 396. The normalized spacial score (nSPS) is 20.2. The predicted molar refractivity (Wildman–Crippen MR) is 69.4 cm³/mol. The molecule has 0 spiro atoms. The Morgan fingerprint density at radius 3 is 2.61 bits per heavy atom. The van der Waals surface area contributed by atoms with Crippen LogP contribution in [0.15, 0.2) is 24.3 Å². The number of piperidine rings is 1. The fourth-order valence-corrected chi connectivity index (χ4v) is 2.42. The van der Waals surface area contributed by atoms with Crippen LogP contribution in [0.3, 0.4) is 0 Å². The first-order valence-electron chi connectivity index (χ1n) is 5.88. The summed E-state index contributed by atoms with van der Waals surface area (Å²) < 4.78 is 12.9. The van der Waals surface area contributed by atoms with Crippen molar-refractivity contribution in [3.63, 3.8) is 0 Å². The lowest BCUT2D eigenvalue weighted by atomic mass is 9.95. The Kier molecular flexibility index (Phi) is 5.56. The van der Waals surface area contributed by atoms with Crippen LogP contribution < -0.4 is 0 Å². The van der Waals surface area contributed by atoms with Gasteiger partial charge >= 0.3 is 5.97 Å². The third kappa shape index (κ3) is 3.68. The molecule has 1 aromatic rings. The topological polar surface area (TPSA) is 40.5 Å². The van der Waals surface area contributed by atoms with Gasteiger partial charge in [0.1, 0.15) is 5.82 Å². The average molecular weight is 274 g/mol. The maximum atomic E-state index is 12.9. The molecule has 1 unspecified atom stereocenters. The van der Waals surface area contributed by atoms with E-state index in [9.17, 15) is 9.18 Å². The van der Waals surface area contributed by atoms with Gasteiger partial charge in [-0.1, -0.05) is 18.6 Å². The van der Waals surface area contributed by atoms with Gasteiger partial charge in [0.05, 0.1) is 6.54 Å². The summed E-state index contributed by atoms with van der Waals surface area (Å²) in [6, 6.07) is 6.48. The number of carbonyl (C=O) groups is 1. The Morgan fingerprint density at radius 1 is 1.33 bits per heavy atom. The number of halogens is 2. The fraction of sp³-hybridized carbons (Fsp3) is 0.462. The summed E-state index contributed by atoms with van der Waals surface area (Å²) in [4.78, 5) is 12.8. The monoisotopic (exact) mass is 273 g/mol. The van der Waals surface area contributed by atoms with Gasteiger partial charge in [0.25, 0.3) is 0 Å². The molecule has 18 heavy (non-hydrogen) atoms. The molecular weight excluding hydrogens is 257 g/mol. The van der Waals surface area contributed by atoms with Crippen LogP contribution in [-0.2, 0) is 4.79 Å². The van der Waals surface area contributed by atoms with Gasteiger partial charge in [0, 0.05) is 6.04 Å². The molecule has 2 rings (SSSR count). The van der Waals surface area contributed by atoms with E-state index in [0.717, 1.165) is 31.4 Å². The summed E-state index contributed by atoms with van der Waals surface area (Å²) >= 11 is 0. The number of carboxylic acids is 1. The summed E-state index contributed by atoms with van der Waals surface area (Å²) in [6.07, 6.45) is 3.07. The van der Waals surface area contributed by atoms with Crippen molar-refractivity contribution in [3.8, 4) is 0 Å². The average Bonchev–Trinajstić information content (AvgIpc) is 2.30. The first-order chi connectivity index (χ1) is 8.16. The zero-order chi connectivity index (χ0) is 12.3. The second kappa shape index (κ2) is 6.71. The summed E-state index contributed by atoms with van der Waals surface area (Å²) in [5.74, 6) is -1.06. The minimum Gasteiger partial charge on any atom is -0.480 e. The smallest absolute Gasteiger partial charge is 0.317 e. The van der Waals surface area contributed by atoms with Gasteiger partial charge in [-0.25, -0.2) is 4.39 Å². The van der Waals surface area contributed by atoms with Crippen molar-refractivity contribution in [3.05, 3.63) is 35.6 Å². The molecule has 1 N–H and O–H groups in total. The minimum absolute atomic E-state index is 0. The van der Waals surface area contributed by atoms with Gasteiger partial charge in [0.2, 0.25) is 0 Å². The van der Waals surface area contributed by atoms with E-state index < -0.39 is 5.97 Å². The highest BCUT2D eigenvalue weighted by Crippen LogP contribution is 2.30. The van der Waals surface area contributed by atoms with E-state index in [-0.39, 0.29) is 30.8 Å². The van der Waals surface area contributed by atoms with Crippen molar-refractivity contribution in [2.75, 3.05) is 13.1 Å². The highest BCUT2D eigenvalue weighted by molar-refractivity contribution is 5.85. The van der Waals surface area contributed by atoms with E-state index in [1.165, 1.54) is 12.1 Å². The van der Waals surface area contributed by atoms with E-state index in [1.54, 1.807) is 12.1 Å². The summed E-state index contributed by atoms with van der Waals surface area (Å²) in [6.45, 7) is 0.858. The second-order valence-electron chi connectivity index (χ2n) is 4.43. The Balaban J connectivity index is 0.00000162. The number of benzene rings is 1. The van der Waals surface area contributed by atoms with E-state index in [2.05, 4.69) is 0 Å². The molecule has 3 nitrogen and oxygen atoms in total. The molecule has 1 fully saturated rings. The van der Waals surface area contributed by atoms with Crippen molar-refractivity contribution >= 4 is 18.4 Å². The van der Waals surface area contributed by atoms with E-state index in [1.807, 2.05) is 4.90 Å². The van der Waals surface area contributed by atoms with Crippen LogP contribution >= 0.6 is 12.4 Å². The molecule has 0 aliphatic carbocycles. The van der Waals surface area contributed by atoms with E-state index in [0.29, 0.717) is 0 Å². The number of aliphatic carboxylic acids is 1. The van der Waals surface area contributed by atoms with Crippen LogP contribution in [0.5, 0.6) is 0 Å². The molecule has 1 aliphatic rings. The van der Waals surface area contributed by atoms with Gasteiger partial charge in [-0.15, -0.1) is 12.4 Å². The van der Waals surface area contributed by atoms with Crippen LogP contribution in [0.2, 0.25) is 0 Å². The molecule has 0 bridgehead atoms. The van der Waals surface area contributed by atoms with Crippen molar-refractivity contribution < 1.29 is 14.3 Å². The van der Waals surface area contributed by atoms with Crippen LogP contribution in [0.1, 0.15) is 30.9 Å². The van der Waals surface area contributed by atoms with Gasteiger partial charge in [-0.05, 0) is 37.1 Å². The number of carboxylic acid groups (broad SMARTS) is 1. The first kappa shape index (κ1) is 14.9. The molecule has 1 heterocycles. The van der Waals surface area contributed by atoms with Crippen molar-refractivity contribution in [1.82, 2.24) is 4.90 Å². The van der Waals surface area contributed by atoms with Gasteiger partial charge in [-0.3, -0.25) is 9.69 Å². The summed E-state index contributed by atoms with van der Waals surface area (Å²) in [5.41, 5.74) is 1.01. The molecule has 0 radical (unpaired) electrons. The largest absolute Gasteiger partial charge is 0.480 e. The van der Waals surface area contributed by atoms with Gasteiger partial charge in [-0.2, -0.15) is 0 Å². The third-order valence-corrected chi connectivity index (χ3v) is 3.21. The number of nitrogens with zero attached hydrogens (tertiary/aromatic N) is 1. The maximum absolute atomic E-state index is 12.9. The number of likely N-dealkylation sites (tertiary alicyclic amines) is 1. The molecule has 1 atom stereocenters. The quantitative estimate of drug-likeness (QED) is 0.921.